The van der Waals surface area contributed by atoms with Gasteiger partial charge in [0.15, 0.2) is 0 Å². The largest absolute Gasteiger partial charge is 0.416 e. The van der Waals surface area contributed by atoms with E-state index in [0.29, 0.717) is 11.3 Å². The van der Waals surface area contributed by atoms with Crippen LogP contribution in [0, 0.1) is 0 Å². The van der Waals surface area contributed by atoms with Gasteiger partial charge < -0.3 is 16.0 Å². The molecule has 0 radical (unpaired) electrons. The summed E-state index contributed by atoms with van der Waals surface area (Å²) in [6, 6.07) is 8.58. The van der Waals surface area contributed by atoms with Crippen molar-refractivity contribution in [3.63, 3.8) is 0 Å². The van der Waals surface area contributed by atoms with Crippen LogP contribution < -0.4 is 11.1 Å². The van der Waals surface area contributed by atoms with Gasteiger partial charge in [-0.1, -0.05) is 12.1 Å². The molecule has 1 saturated heterocycles. The van der Waals surface area contributed by atoms with Crippen molar-refractivity contribution < 1.29 is 31.2 Å². The topological polar surface area (TPSA) is 113 Å². The normalized spacial score (nSPS) is 17.6. The fraction of sp³-hybridized carbons (Fsp3) is 0.333. The Morgan fingerprint density at radius 2 is 1.67 bits per heavy atom. The van der Waals surface area contributed by atoms with E-state index in [1.54, 1.807) is 0 Å². The van der Waals surface area contributed by atoms with E-state index in [9.17, 15) is 31.2 Å². The highest BCUT2D eigenvalue weighted by Gasteiger charge is 2.40. The second-order valence-corrected chi connectivity index (χ2v) is 9.47. The minimum absolute atomic E-state index is 0.0477. The number of piperazine rings is 1. The van der Waals surface area contributed by atoms with Gasteiger partial charge in [0.25, 0.3) is 0 Å². The third-order valence-electron chi connectivity index (χ3n) is 5.31. The fourth-order valence-electron chi connectivity index (χ4n) is 3.45. The van der Waals surface area contributed by atoms with Gasteiger partial charge in [-0.25, -0.2) is 8.42 Å². The smallest absolute Gasteiger partial charge is 0.399 e. The summed E-state index contributed by atoms with van der Waals surface area (Å²) >= 11 is 0. The summed E-state index contributed by atoms with van der Waals surface area (Å²) in [6.45, 7) is 1.09. The highest BCUT2D eigenvalue weighted by Crippen LogP contribution is 2.29. The predicted octanol–water partition coefficient (Wildman–Crippen LogP) is 1.83. The van der Waals surface area contributed by atoms with Crippen molar-refractivity contribution >= 4 is 27.5 Å². The van der Waals surface area contributed by atoms with E-state index in [1.807, 2.05) is 0 Å². The van der Waals surface area contributed by atoms with Crippen LogP contribution in [0.15, 0.2) is 53.4 Å². The molecular weight excluding hydrogens is 461 g/mol. The summed E-state index contributed by atoms with van der Waals surface area (Å²) in [5, 5.41) is 2.56. The van der Waals surface area contributed by atoms with Gasteiger partial charge in [-0.2, -0.15) is 17.5 Å². The molecule has 3 N–H and O–H groups in total. The number of alkyl halides is 3. The number of nitrogens with one attached hydrogen (secondary N) is 1. The van der Waals surface area contributed by atoms with Crippen LogP contribution in [0.5, 0.6) is 0 Å². The summed E-state index contributed by atoms with van der Waals surface area (Å²) in [5.74, 6) is -0.972. The third kappa shape index (κ3) is 5.63. The molecule has 3 rings (SSSR count). The van der Waals surface area contributed by atoms with Crippen LogP contribution in [0.4, 0.5) is 18.9 Å². The molecule has 0 aromatic heterocycles. The number of nitrogens with zero attached hydrogens (tertiary/aromatic N) is 2. The number of hydrogen-bond acceptors (Lipinski definition) is 5. The highest BCUT2D eigenvalue weighted by atomic mass is 32.2. The van der Waals surface area contributed by atoms with Gasteiger partial charge in [0.05, 0.1) is 10.5 Å². The number of halogens is 3. The number of amides is 2. The van der Waals surface area contributed by atoms with E-state index < -0.39 is 33.7 Å². The predicted molar refractivity (Wildman–Crippen MR) is 114 cm³/mol. The summed E-state index contributed by atoms with van der Waals surface area (Å²) in [6.07, 6.45) is -4.48. The van der Waals surface area contributed by atoms with Crippen LogP contribution in [0.2, 0.25) is 0 Å². The molecule has 0 aliphatic carbocycles. The molecule has 12 heteroatoms. The Kier molecular flexibility index (Phi) is 6.98. The number of hydrogen-bond donors (Lipinski definition) is 2. The van der Waals surface area contributed by atoms with Gasteiger partial charge in [-0.3, -0.25) is 9.59 Å². The minimum atomic E-state index is -4.48. The number of nitrogen functional groups attached to an aromatic ring is 1. The lowest BCUT2D eigenvalue weighted by Gasteiger charge is -2.39. The fourth-order valence-corrected chi connectivity index (χ4v) is 5.02. The molecule has 1 heterocycles. The second-order valence-electron chi connectivity index (χ2n) is 7.58. The van der Waals surface area contributed by atoms with Crippen molar-refractivity contribution in [1.29, 1.82) is 0 Å². The summed E-state index contributed by atoms with van der Waals surface area (Å²) < 4.78 is 65.6. The van der Waals surface area contributed by atoms with E-state index in [4.69, 9.17) is 5.73 Å². The van der Waals surface area contributed by atoms with Crippen molar-refractivity contribution in [2.45, 2.75) is 30.6 Å². The minimum Gasteiger partial charge on any atom is -0.399 e. The van der Waals surface area contributed by atoms with E-state index >= 15 is 0 Å². The number of rotatable bonds is 5. The van der Waals surface area contributed by atoms with Crippen LogP contribution in [-0.2, 0) is 32.3 Å². The number of carbonyl (C=O) groups excluding carboxylic acids is 2. The number of benzene rings is 2. The van der Waals surface area contributed by atoms with Gasteiger partial charge in [0.2, 0.25) is 21.8 Å². The van der Waals surface area contributed by atoms with Crippen LogP contribution in [0.3, 0.4) is 0 Å². The zero-order valence-corrected chi connectivity index (χ0v) is 18.5. The quantitative estimate of drug-likeness (QED) is 0.629. The summed E-state index contributed by atoms with van der Waals surface area (Å²) in [7, 11) is -4.07. The van der Waals surface area contributed by atoms with Crippen molar-refractivity contribution in [3.05, 3.63) is 59.7 Å². The van der Waals surface area contributed by atoms with Crippen molar-refractivity contribution in [1.82, 2.24) is 14.5 Å². The maximum absolute atomic E-state index is 13.2. The van der Waals surface area contributed by atoms with Gasteiger partial charge in [0.1, 0.15) is 6.04 Å². The van der Waals surface area contributed by atoms with Crippen molar-refractivity contribution in [2.24, 2.45) is 0 Å². The standard InChI is InChI=1S/C21H23F3N4O4S/c1-14(29)27-10-11-28(33(31,32)18-8-6-17(25)7-9-18)19(13-27)20(30)26-12-15-2-4-16(5-3-15)21(22,23)24/h2-9,19H,10-13,25H2,1H3,(H,26,30). The first-order valence-corrected chi connectivity index (χ1v) is 11.4. The number of anilines is 1. The lowest BCUT2D eigenvalue weighted by atomic mass is 10.1. The molecular formula is C21H23F3N4O4S. The average Bonchev–Trinajstić information content (AvgIpc) is 2.77. The first-order valence-electron chi connectivity index (χ1n) is 9.96. The Bertz CT molecular complexity index is 1120. The monoisotopic (exact) mass is 484 g/mol. The lowest BCUT2D eigenvalue weighted by molar-refractivity contribution is -0.138. The van der Waals surface area contributed by atoms with Crippen LogP contribution >= 0.6 is 0 Å². The molecule has 178 valence electrons. The Balaban J connectivity index is 1.80. The molecule has 0 bridgehead atoms. The summed E-state index contributed by atoms with van der Waals surface area (Å²) in [5.41, 5.74) is 5.59. The highest BCUT2D eigenvalue weighted by molar-refractivity contribution is 7.89. The van der Waals surface area contributed by atoms with Crippen molar-refractivity contribution in [2.75, 3.05) is 25.4 Å². The lowest BCUT2D eigenvalue weighted by Crippen LogP contribution is -2.61. The van der Waals surface area contributed by atoms with E-state index in [0.717, 1.165) is 16.4 Å². The molecule has 2 aromatic carbocycles. The van der Waals surface area contributed by atoms with Crippen LogP contribution in [-0.4, -0.2) is 55.1 Å². The van der Waals surface area contributed by atoms with Gasteiger partial charge in [-0.15, -0.1) is 0 Å². The molecule has 1 atom stereocenters. The van der Waals surface area contributed by atoms with E-state index in [2.05, 4.69) is 5.32 Å². The van der Waals surface area contributed by atoms with Gasteiger partial charge in [0, 0.05) is 38.8 Å². The van der Waals surface area contributed by atoms with E-state index in [-0.39, 0.29) is 37.0 Å². The molecule has 1 aliphatic rings. The molecule has 1 unspecified atom stereocenters. The second kappa shape index (κ2) is 9.40. The Morgan fingerprint density at radius 3 is 2.21 bits per heavy atom. The number of nitrogens with two attached hydrogens (primary N) is 1. The van der Waals surface area contributed by atoms with Crippen LogP contribution in [0.25, 0.3) is 0 Å². The van der Waals surface area contributed by atoms with E-state index in [1.165, 1.54) is 48.2 Å². The molecule has 0 spiro atoms. The maximum Gasteiger partial charge on any atom is 0.416 e. The number of sulfonamides is 1. The molecule has 0 saturated carbocycles. The first-order chi connectivity index (χ1) is 15.4. The van der Waals surface area contributed by atoms with Crippen molar-refractivity contribution in [3.8, 4) is 0 Å². The molecule has 1 aliphatic heterocycles. The molecule has 1 fully saturated rings. The number of carbonyl (C=O) groups is 2. The first kappa shape index (κ1) is 24.5. The maximum atomic E-state index is 13.2. The zero-order chi connectivity index (χ0) is 24.4. The zero-order valence-electron chi connectivity index (χ0n) is 17.7. The third-order valence-corrected chi connectivity index (χ3v) is 7.24. The molecule has 33 heavy (non-hydrogen) atoms. The molecule has 8 nitrogen and oxygen atoms in total. The Labute approximate surface area is 189 Å². The average molecular weight is 485 g/mol. The Morgan fingerprint density at radius 1 is 1.06 bits per heavy atom. The SMILES string of the molecule is CC(=O)N1CCN(S(=O)(=O)c2ccc(N)cc2)C(C(=O)NCc2ccc(C(F)(F)F)cc2)C1. The van der Waals surface area contributed by atoms with Crippen LogP contribution in [0.1, 0.15) is 18.1 Å². The van der Waals surface area contributed by atoms with Gasteiger partial charge >= 0.3 is 6.18 Å². The summed E-state index contributed by atoms with van der Waals surface area (Å²) in [4.78, 5) is 26.1. The molecule has 2 amide bonds. The Hall–Kier alpha value is -3.12. The molecule has 2 aromatic rings. The van der Waals surface area contributed by atoms with Gasteiger partial charge in [-0.05, 0) is 42.0 Å².